The molecular weight excluding hydrogens is 359 g/mol. The summed E-state index contributed by atoms with van der Waals surface area (Å²) >= 11 is 6.32. The van der Waals surface area contributed by atoms with Crippen molar-refractivity contribution in [3.63, 3.8) is 0 Å². The van der Waals surface area contributed by atoms with E-state index in [1.807, 2.05) is 6.07 Å². The van der Waals surface area contributed by atoms with Gasteiger partial charge >= 0.3 is 5.97 Å². The van der Waals surface area contributed by atoms with Gasteiger partial charge in [0.2, 0.25) is 0 Å². The Bertz CT molecular complexity index is 730. The fourth-order valence-electron chi connectivity index (χ4n) is 3.43. The maximum absolute atomic E-state index is 11.3. The first kappa shape index (κ1) is 19.6. The van der Waals surface area contributed by atoms with Gasteiger partial charge in [0.15, 0.2) is 0 Å². The van der Waals surface area contributed by atoms with Gasteiger partial charge < -0.3 is 10.8 Å². The largest absolute Gasteiger partial charge is 0.478 e. The van der Waals surface area contributed by atoms with Crippen LogP contribution in [0.25, 0.3) is 0 Å². The molecule has 6 heteroatoms. The smallest absolute Gasteiger partial charge is 0.337 e. The molecule has 1 aliphatic heterocycles. The summed E-state index contributed by atoms with van der Waals surface area (Å²) in [6.07, 6.45) is 1.86. The molecule has 25 heavy (non-hydrogen) atoms. The lowest BCUT2D eigenvalue weighted by atomic mass is 9.87. The minimum Gasteiger partial charge on any atom is -0.478 e. The van der Waals surface area contributed by atoms with Gasteiger partial charge in [-0.05, 0) is 55.1 Å². The van der Waals surface area contributed by atoms with Crippen molar-refractivity contribution >= 4 is 35.7 Å². The molecule has 1 heterocycles. The highest BCUT2D eigenvalue weighted by atomic mass is 35.5. The number of hydrogen-bond acceptors (Lipinski definition) is 3. The first-order valence-corrected chi connectivity index (χ1v) is 8.51. The van der Waals surface area contributed by atoms with E-state index < -0.39 is 5.97 Å². The summed E-state index contributed by atoms with van der Waals surface area (Å²) in [5.74, 6) is -0.796. The minimum atomic E-state index is -1.01. The van der Waals surface area contributed by atoms with Crippen LogP contribution in [0.3, 0.4) is 0 Å². The standard InChI is InChI=1S/C19H21ClN2O2.ClH/c20-16-7-6-15(19(23)24)18(21)17(16)14-8-10-22(11-9-14)12-13-4-2-1-3-5-13;/h1-7,14H,8-12,21H2,(H,23,24);1H. The first-order chi connectivity index (χ1) is 11.6. The summed E-state index contributed by atoms with van der Waals surface area (Å²) in [6, 6.07) is 13.5. The van der Waals surface area contributed by atoms with Crippen molar-refractivity contribution in [2.75, 3.05) is 18.8 Å². The highest BCUT2D eigenvalue weighted by Gasteiger charge is 2.26. The second-order valence-electron chi connectivity index (χ2n) is 6.26. The van der Waals surface area contributed by atoms with Crippen molar-refractivity contribution < 1.29 is 9.90 Å². The van der Waals surface area contributed by atoms with Crippen LogP contribution < -0.4 is 5.73 Å². The van der Waals surface area contributed by atoms with Crippen LogP contribution in [0.2, 0.25) is 5.02 Å². The molecular formula is C19H22Cl2N2O2. The van der Waals surface area contributed by atoms with Gasteiger partial charge in [0, 0.05) is 11.6 Å². The zero-order chi connectivity index (χ0) is 17.1. The molecule has 3 rings (SSSR count). The van der Waals surface area contributed by atoms with Gasteiger partial charge in [-0.15, -0.1) is 12.4 Å². The number of nitrogens with two attached hydrogens (primary N) is 1. The molecule has 0 radical (unpaired) electrons. The van der Waals surface area contributed by atoms with Crippen molar-refractivity contribution in [2.45, 2.75) is 25.3 Å². The number of halogens is 2. The molecule has 1 aliphatic rings. The van der Waals surface area contributed by atoms with Crippen LogP contribution in [0.5, 0.6) is 0 Å². The van der Waals surface area contributed by atoms with Crippen molar-refractivity contribution in [1.29, 1.82) is 0 Å². The molecule has 1 fully saturated rings. The maximum atomic E-state index is 11.3. The quantitative estimate of drug-likeness (QED) is 0.770. The van der Waals surface area contributed by atoms with Crippen LogP contribution in [0.15, 0.2) is 42.5 Å². The second kappa shape index (κ2) is 8.56. The average molecular weight is 381 g/mol. The summed E-state index contributed by atoms with van der Waals surface area (Å²) in [6.45, 7) is 2.84. The molecule has 134 valence electrons. The zero-order valence-corrected chi connectivity index (χ0v) is 15.4. The minimum absolute atomic E-state index is 0. The number of likely N-dealkylation sites (tertiary alicyclic amines) is 1. The Morgan fingerprint density at radius 3 is 2.40 bits per heavy atom. The summed E-state index contributed by atoms with van der Waals surface area (Å²) in [7, 11) is 0. The number of benzene rings is 2. The summed E-state index contributed by atoms with van der Waals surface area (Å²) < 4.78 is 0. The normalized spacial score (nSPS) is 15.6. The van der Waals surface area contributed by atoms with Gasteiger partial charge in [-0.2, -0.15) is 0 Å². The third-order valence-corrected chi connectivity index (χ3v) is 5.04. The van der Waals surface area contributed by atoms with Gasteiger partial charge in [-0.25, -0.2) is 4.79 Å². The zero-order valence-electron chi connectivity index (χ0n) is 13.8. The summed E-state index contributed by atoms with van der Waals surface area (Å²) in [5.41, 5.74) is 8.66. The Balaban J connectivity index is 0.00000225. The van der Waals surface area contributed by atoms with Gasteiger partial charge in [0.25, 0.3) is 0 Å². The van der Waals surface area contributed by atoms with Crippen molar-refractivity contribution in [2.24, 2.45) is 0 Å². The molecule has 0 unspecified atom stereocenters. The Morgan fingerprint density at radius 1 is 1.16 bits per heavy atom. The number of nitrogens with zero attached hydrogens (tertiary/aromatic N) is 1. The van der Waals surface area contributed by atoms with Crippen molar-refractivity contribution in [1.82, 2.24) is 4.90 Å². The number of anilines is 1. The molecule has 0 spiro atoms. The van der Waals surface area contributed by atoms with Crippen LogP contribution in [0.1, 0.15) is 40.2 Å². The molecule has 0 aromatic heterocycles. The molecule has 3 N–H and O–H groups in total. The number of rotatable bonds is 4. The van der Waals surface area contributed by atoms with E-state index in [0.29, 0.717) is 10.7 Å². The van der Waals surface area contributed by atoms with E-state index in [4.69, 9.17) is 17.3 Å². The predicted molar refractivity (Wildman–Crippen MR) is 104 cm³/mol. The Hall–Kier alpha value is -1.75. The SMILES string of the molecule is Cl.Nc1c(C(=O)O)ccc(Cl)c1C1CCN(Cc2ccccc2)CC1. The number of aromatic carboxylic acids is 1. The molecule has 0 atom stereocenters. The van der Waals surface area contributed by atoms with Crippen LogP contribution in [-0.2, 0) is 6.54 Å². The van der Waals surface area contributed by atoms with E-state index in [1.54, 1.807) is 6.07 Å². The van der Waals surface area contributed by atoms with E-state index in [-0.39, 0.29) is 23.9 Å². The third kappa shape index (κ3) is 4.46. The van der Waals surface area contributed by atoms with Gasteiger partial charge in [-0.3, -0.25) is 4.90 Å². The van der Waals surface area contributed by atoms with Crippen LogP contribution in [-0.4, -0.2) is 29.1 Å². The lowest BCUT2D eigenvalue weighted by Gasteiger charge is -2.33. The Kier molecular flexibility index (Phi) is 6.71. The molecule has 2 aromatic carbocycles. The van der Waals surface area contributed by atoms with E-state index in [1.165, 1.54) is 11.6 Å². The average Bonchev–Trinajstić information content (AvgIpc) is 2.57. The molecule has 4 nitrogen and oxygen atoms in total. The Morgan fingerprint density at radius 2 is 1.80 bits per heavy atom. The number of piperidine rings is 1. The van der Waals surface area contributed by atoms with Crippen LogP contribution >= 0.6 is 24.0 Å². The number of carboxylic acids is 1. The highest BCUT2D eigenvalue weighted by Crippen LogP contribution is 2.38. The van der Waals surface area contributed by atoms with Crippen molar-refractivity contribution in [3.8, 4) is 0 Å². The second-order valence-corrected chi connectivity index (χ2v) is 6.67. The monoisotopic (exact) mass is 380 g/mol. The Labute approximate surface area is 159 Å². The number of hydrogen-bond donors (Lipinski definition) is 2. The third-order valence-electron chi connectivity index (χ3n) is 4.71. The molecule has 0 saturated carbocycles. The molecule has 2 aromatic rings. The molecule has 0 amide bonds. The lowest BCUT2D eigenvalue weighted by molar-refractivity contribution is 0.0698. The topological polar surface area (TPSA) is 66.6 Å². The number of nitrogen functional groups attached to an aromatic ring is 1. The number of carboxylic acid groups (broad SMARTS) is 1. The van der Waals surface area contributed by atoms with Gasteiger partial charge in [0.1, 0.15) is 0 Å². The fraction of sp³-hybridized carbons (Fsp3) is 0.316. The van der Waals surface area contributed by atoms with Gasteiger partial charge in [-0.1, -0.05) is 41.9 Å². The van der Waals surface area contributed by atoms with E-state index in [0.717, 1.165) is 38.0 Å². The highest BCUT2D eigenvalue weighted by molar-refractivity contribution is 6.32. The number of carbonyl (C=O) groups is 1. The molecule has 0 aliphatic carbocycles. The molecule has 1 saturated heterocycles. The lowest BCUT2D eigenvalue weighted by Crippen LogP contribution is -2.32. The molecule has 0 bridgehead atoms. The van der Waals surface area contributed by atoms with Crippen LogP contribution in [0, 0.1) is 0 Å². The summed E-state index contributed by atoms with van der Waals surface area (Å²) in [4.78, 5) is 13.7. The predicted octanol–water partition coefficient (Wildman–Crippen LogP) is 4.42. The van der Waals surface area contributed by atoms with Crippen molar-refractivity contribution in [3.05, 3.63) is 64.2 Å². The first-order valence-electron chi connectivity index (χ1n) is 8.13. The van der Waals surface area contributed by atoms with E-state index >= 15 is 0 Å². The summed E-state index contributed by atoms with van der Waals surface area (Å²) in [5, 5.41) is 9.82. The van der Waals surface area contributed by atoms with Gasteiger partial charge in [0.05, 0.1) is 11.3 Å². The van der Waals surface area contributed by atoms with E-state index in [2.05, 4.69) is 29.2 Å². The van der Waals surface area contributed by atoms with Crippen LogP contribution in [0.4, 0.5) is 5.69 Å². The maximum Gasteiger partial charge on any atom is 0.337 e. The van der Waals surface area contributed by atoms with E-state index in [9.17, 15) is 9.90 Å². The fourth-order valence-corrected chi connectivity index (χ4v) is 3.75.